The maximum Gasteiger partial charge on any atom is 0.0843 e. The van der Waals surface area contributed by atoms with E-state index in [1.54, 1.807) is 11.3 Å². The van der Waals surface area contributed by atoms with Crippen LogP contribution in [0.2, 0.25) is 0 Å². The van der Waals surface area contributed by atoms with Gasteiger partial charge in [-0.25, -0.2) is 0 Å². The third kappa shape index (κ3) is 3.77. The number of halogens is 2. The van der Waals surface area contributed by atoms with Gasteiger partial charge in [0.05, 0.1) is 9.89 Å². The Kier molecular flexibility index (Phi) is 5.49. The summed E-state index contributed by atoms with van der Waals surface area (Å²) in [5.41, 5.74) is 0. The van der Waals surface area contributed by atoms with Gasteiger partial charge in [-0.2, -0.15) is 0 Å². The van der Waals surface area contributed by atoms with E-state index in [1.807, 2.05) is 0 Å². The van der Waals surface area contributed by atoms with Crippen LogP contribution in [-0.2, 0) is 11.3 Å². The van der Waals surface area contributed by atoms with Crippen molar-refractivity contribution in [2.24, 2.45) is 5.92 Å². The number of nitrogens with one attached hydrogen (secondary N) is 1. The highest BCUT2D eigenvalue weighted by molar-refractivity contribution is 9.13. The summed E-state index contributed by atoms with van der Waals surface area (Å²) < 4.78 is 8.01. The smallest absolute Gasteiger partial charge is 0.0843 e. The molecule has 2 rings (SSSR count). The number of hydrogen-bond acceptors (Lipinski definition) is 3. The average Bonchev–Trinajstić information content (AvgIpc) is 2.87. The fourth-order valence-corrected chi connectivity index (χ4v) is 4.38. The molecule has 1 aromatic heterocycles. The van der Waals surface area contributed by atoms with Crippen molar-refractivity contribution in [1.29, 1.82) is 0 Å². The molecule has 5 heteroatoms. The summed E-state index contributed by atoms with van der Waals surface area (Å²) in [5, 5.41) is 3.54. The van der Waals surface area contributed by atoms with E-state index in [1.165, 1.54) is 15.1 Å². The average molecular weight is 383 g/mol. The largest absolute Gasteiger partial charge is 0.378 e. The fourth-order valence-electron chi connectivity index (χ4n) is 2.24. The zero-order valence-electron chi connectivity index (χ0n) is 9.84. The van der Waals surface area contributed by atoms with Crippen LogP contribution in [-0.4, -0.2) is 19.3 Å². The zero-order chi connectivity index (χ0) is 12.3. The number of thiophene rings is 1. The van der Waals surface area contributed by atoms with E-state index in [-0.39, 0.29) is 0 Å². The summed E-state index contributed by atoms with van der Waals surface area (Å²) in [6, 6.07) is 2.17. The maximum atomic E-state index is 5.69. The lowest BCUT2D eigenvalue weighted by Gasteiger charge is -2.16. The Labute approximate surface area is 123 Å². The van der Waals surface area contributed by atoms with E-state index in [2.05, 4.69) is 50.2 Å². The molecule has 0 amide bonds. The Bertz CT molecular complexity index is 350. The van der Waals surface area contributed by atoms with Crippen LogP contribution < -0.4 is 5.32 Å². The predicted molar refractivity (Wildman–Crippen MR) is 79.6 cm³/mol. The van der Waals surface area contributed by atoms with Crippen molar-refractivity contribution in [2.45, 2.75) is 32.4 Å². The van der Waals surface area contributed by atoms with Crippen LogP contribution in [0.4, 0.5) is 0 Å². The van der Waals surface area contributed by atoms with Gasteiger partial charge in [0.15, 0.2) is 0 Å². The Hall–Kier alpha value is 0.580. The van der Waals surface area contributed by atoms with Gasteiger partial charge in [0.25, 0.3) is 0 Å². The van der Waals surface area contributed by atoms with Gasteiger partial charge in [-0.15, -0.1) is 11.3 Å². The predicted octanol–water partition coefficient (Wildman–Crippen LogP) is 4.18. The van der Waals surface area contributed by atoms with Crippen LogP contribution in [0, 0.1) is 5.92 Å². The van der Waals surface area contributed by atoms with Crippen LogP contribution >= 0.6 is 43.2 Å². The summed E-state index contributed by atoms with van der Waals surface area (Å²) in [7, 11) is 0. The van der Waals surface area contributed by atoms with Crippen LogP contribution in [0.3, 0.4) is 0 Å². The Morgan fingerprint density at radius 2 is 2.35 bits per heavy atom. The van der Waals surface area contributed by atoms with Gasteiger partial charge in [-0.3, -0.25) is 0 Å². The van der Waals surface area contributed by atoms with E-state index in [0.717, 1.165) is 30.6 Å². The molecule has 1 aromatic rings. The monoisotopic (exact) mass is 381 g/mol. The van der Waals surface area contributed by atoms with Gasteiger partial charge in [-0.05, 0) is 56.7 Å². The first-order valence-corrected chi connectivity index (χ1v) is 8.37. The highest BCUT2D eigenvalue weighted by Crippen LogP contribution is 2.32. The van der Waals surface area contributed by atoms with Gasteiger partial charge in [0, 0.05) is 29.0 Å². The van der Waals surface area contributed by atoms with Gasteiger partial charge in [-0.1, -0.05) is 6.92 Å². The van der Waals surface area contributed by atoms with Gasteiger partial charge >= 0.3 is 0 Å². The Morgan fingerprint density at radius 3 is 3.00 bits per heavy atom. The third-order valence-electron chi connectivity index (χ3n) is 3.15. The first-order valence-electron chi connectivity index (χ1n) is 5.96. The highest BCUT2D eigenvalue weighted by Gasteiger charge is 2.25. The van der Waals surface area contributed by atoms with Crippen molar-refractivity contribution >= 4 is 43.2 Å². The molecule has 0 aliphatic carbocycles. The lowest BCUT2D eigenvalue weighted by Crippen LogP contribution is -2.27. The normalized spacial score (nSPS) is 24.4. The van der Waals surface area contributed by atoms with E-state index in [9.17, 15) is 0 Å². The van der Waals surface area contributed by atoms with Gasteiger partial charge in [0.1, 0.15) is 0 Å². The van der Waals surface area contributed by atoms with Gasteiger partial charge in [0.2, 0.25) is 0 Å². The number of rotatable bonds is 5. The first kappa shape index (κ1) is 14.0. The second-order valence-corrected chi connectivity index (χ2v) is 7.64. The minimum Gasteiger partial charge on any atom is -0.378 e. The van der Waals surface area contributed by atoms with Crippen molar-refractivity contribution in [2.75, 3.05) is 13.2 Å². The molecule has 2 heterocycles. The maximum absolute atomic E-state index is 5.69. The Morgan fingerprint density at radius 1 is 1.53 bits per heavy atom. The minimum atomic E-state index is 0.462. The molecule has 17 heavy (non-hydrogen) atoms. The van der Waals surface area contributed by atoms with E-state index in [0.29, 0.717) is 12.0 Å². The molecule has 2 atom stereocenters. The molecule has 1 aliphatic rings. The second kappa shape index (κ2) is 6.66. The molecule has 1 fully saturated rings. The summed E-state index contributed by atoms with van der Waals surface area (Å²) >= 11 is 8.81. The van der Waals surface area contributed by atoms with Crippen LogP contribution in [0.5, 0.6) is 0 Å². The molecule has 0 aromatic carbocycles. The van der Waals surface area contributed by atoms with Crippen molar-refractivity contribution in [3.05, 3.63) is 19.2 Å². The lowest BCUT2D eigenvalue weighted by atomic mass is 10.00. The Balaban J connectivity index is 1.75. The molecule has 2 nitrogen and oxygen atoms in total. The van der Waals surface area contributed by atoms with Crippen LogP contribution in [0.15, 0.2) is 14.3 Å². The van der Waals surface area contributed by atoms with E-state index in [4.69, 9.17) is 4.74 Å². The van der Waals surface area contributed by atoms with Crippen molar-refractivity contribution in [3.8, 4) is 0 Å². The van der Waals surface area contributed by atoms with Crippen LogP contribution in [0.1, 0.15) is 24.6 Å². The molecule has 1 N–H and O–H groups in total. The molecule has 96 valence electrons. The van der Waals surface area contributed by atoms with Crippen molar-refractivity contribution in [3.63, 3.8) is 0 Å². The third-order valence-corrected chi connectivity index (χ3v) is 6.41. The van der Waals surface area contributed by atoms with Crippen molar-refractivity contribution in [1.82, 2.24) is 5.32 Å². The molecule has 0 saturated carbocycles. The zero-order valence-corrected chi connectivity index (χ0v) is 13.8. The second-order valence-electron chi connectivity index (χ2n) is 4.33. The lowest BCUT2D eigenvalue weighted by molar-refractivity contribution is 0.0872. The standard InChI is InChI=1S/C12H17Br2NOS/c1-2-11-8(3-4-16-11)6-15-7-9-5-10(13)12(14)17-9/h5,8,11,15H,2-4,6-7H2,1H3. The molecule has 0 spiro atoms. The number of ether oxygens (including phenoxy) is 1. The van der Waals surface area contributed by atoms with Crippen molar-refractivity contribution < 1.29 is 4.74 Å². The fraction of sp³-hybridized carbons (Fsp3) is 0.667. The first-order chi connectivity index (χ1) is 8.20. The van der Waals surface area contributed by atoms with E-state index < -0.39 is 0 Å². The summed E-state index contributed by atoms with van der Waals surface area (Å²) in [6.07, 6.45) is 2.79. The SMILES string of the molecule is CCC1OCCC1CNCc1cc(Br)c(Br)s1. The molecule has 0 bridgehead atoms. The summed E-state index contributed by atoms with van der Waals surface area (Å²) in [4.78, 5) is 1.36. The highest BCUT2D eigenvalue weighted by atomic mass is 79.9. The minimum absolute atomic E-state index is 0.462. The number of hydrogen-bond donors (Lipinski definition) is 1. The summed E-state index contributed by atoms with van der Waals surface area (Å²) in [6.45, 7) is 5.14. The summed E-state index contributed by atoms with van der Waals surface area (Å²) in [5.74, 6) is 0.687. The quantitative estimate of drug-likeness (QED) is 0.824. The molecule has 0 radical (unpaired) electrons. The molecule has 1 aliphatic heterocycles. The molecule has 1 saturated heterocycles. The molecular formula is C12H17Br2NOS. The topological polar surface area (TPSA) is 21.3 Å². The van der Waals surface area contributed by atoms with E-state index >= 15 is 0 Å². The molecule has 2 unspecified atom stereocenters. The van der Waals surface area contributed by atoms with Crippen LogP contribution in [0.25, 0.3) is 0 Å². The molecular weight excluding hydrogens is 366 g/mol. The van der Waals surface area contributed by atoms with Gasteiger partial charge < -0.3 is 10.1 Å².